The van der Waals surface area contributed by atoms with Gasteiger partial charge < -0.3 is 5.73 Å². The smallest absolute Gasteiger partial charge is 0.0750 e. The maximum Gasteiger partial charge on any atom is 0.0750 e. The highest BCUT2D eigenvalue weighted by Gasteiger charge is 2.38. The molecule has 0 bridgehead atoms. The molecule has 4 rings (SSSR count). The average molecular weight is 281 g/mol. The predicted octanol–water partition coefficient (Wildman–Crippen LogP) is 3.25. The fraction of sp³-hybridized carbons (Fsp3) is 0.500. The van der Waals surface area contributed by atoms with Crippen molar-refractivity contribution in [3.8, 4) is 0 Å². The summed E-state index contributed by atoms with van der Waals surface area (Å²) in [7, 11) is 0. The highest BCUT2D eigenvalue weighted by molar-refractivity contribution is 5.82. The maximum absolute atomic E-state index is 6.59. The van der Waals surface area contributed by atoms with Crippen molar-refractivity contribution in [3.63, 3.8) is 0 Å². The van der Waals surface area contributed by atoms with Crippen molar-refractivity contribution in [2.75, 3.05) is 6.54 Å². The van der Waals surface area contributed by atoms with Crippen LogP contribution in [0.1, 0.15) is 43.7 Å². The topological polar surface area (TPSA) is 42.1 Å². The van der Waals surface area contributed by atoms with Gasteiger partial charge in [0.25, 0.3) is 0 Å². The predicted molar refractivity (Wildman–Crippen MR) is 86.0 cm³/mol. The number of likely N-dealkylation sites (tertiary alicyclic amines) is 1. The van der Waals surface area contributed by atoms with Crippen LogP contribution in [0.2, 0.25) is 0 Å². The minimum Gasteiger partial charge on any atom is -0.326 e. The van der Waals surface area contributed by atoms with Crippen molar-refractivity contribution in [3.05, 3.63) is 42.1 Å². The van der Waals surface area contributed by atoms with Gasteiger partial charge in [0.2, 0.25) is 0 Å². The van der Waals surface area contributed by atoms with E-state index in [2.05, 4.69) is 34.1 Å². The van der Waals surface area contributed by atoms with E-state index < -0.39 is 0 Å². The molecule has 1 aliphatic carbocycles. The van der Waals surface area contributed by atoms with Crippen molar-refractivity contribution >= 4 is 10.9 Å². The van der Waals surface area contributed by atoms with Gasteiger partial charge in [-0.05, 0) is 43.9 Å². The van der Waals surface area contributed by atoms with Crippen LogP contribution >= 0.6 is 0 Å². The first-order chi connectivity index (χ1) is 10.3. The first kappa shape index (κ1) is 13.2. The summed E-state index contributed by atoms with van der Waals surface area (Å²) in [5.41, 5.74) is 9.05. The molecule has 2 aliphatic rings. The van der Waals surface area contributed by atoms with E-state index >= 15 is 0 Å². The van der Waals surface area contributed by atoms with Gasteiger partial charge in [0, 0.05) is 23.7 Å². The van der Waals surface area contributed by atoms with Crippen LogP contribution in [0.15, 0.2) is 36.5 Å². The zero-order chi connectivity index (χ0) is 14.2. The summed E-state index contributed by atoms with van der Waals surface area (Å²) in [5, 5.41) is 1.22. The number of hydrogen-bond donors (Lipinski definition) is 1. The van der Waals surface area contributed by atoms with E-state index in [4.69, 9.17) is 5.73 Å². The van der Waals surface area contributed by atoms with E-state index in [1.807, 2.05) is 12.3 Å². The van der Waals surface area contributed by atoms with Crippen LogP contribution in [0.3, 0.4) is 0 Å². The van der Waals surface area contributed by atoms with Crippen molar-refractivity contribution in [1.82, 2.24) is 9.88 Å². The van der Waals surface area contributed by atoms with E-state index in [9.17, 15) is 0 Å². The van der Waals surface area contributed by atoms with E-state index in [-0.39, 0.29) is 6.04 Å². The number of pyridine rings is 1. The van der Waals surface area contributed by atoms with Gasteiger partial charge in [0.1, 0.15) is 0 Å². The van der Waals surface area contributed by atoms with Crippen molar-refractivity contribution < 1.29 is 0 Å². The molecule has 0 radical (unpaired) electrons. The highest BCUT2D eigenvalue weighted by atomic mass is 15.2. The van der Waals surface area contributed by atoms with E-state index in [1.165, 1.54) is 43.2 Å². The third-order valence-corrected chi connectivity index (χ3v) is 4.97. The minimum atomic E-state index is 0.223. The Morgan fingerprint density at radius 3 is 2.76 bits per heavy atom. The first-order valence-electron chi connectivity index (χ1n) is 8.19. The summed E-state index contributed by atoms with van der Waals surface area (Å²) in [4.78, 5) is 7.32. The summed E-state index contributed by atoms with van der Waals surface area (Å²) in [5.74, 6) is 0. The standard InChI is InChI=1S/C18H23N3/c19-16-8-1-2-12-21(14-9-10-14)18(16)15-7-3-5-13-6-4-11-20-17(13)15/h3-7,11,14,16,18H,1-2,8-10,12,19H2. The second kappa shape index (κ2) is 5.39. The Balaban J connectivity index is 1.83. The van der Waals surface area contributed by atoms with Gasteiger partial charge in [0.05, 0.1) is 11.6 Å². The molecule has 110 valence electrons. The summed E-state index contributed by atoms with van der Waals surface area (Å²) in [6, 6.07) is 12.0. The molecule has 1 saturated carbocycles. The molecule has 2 atom stereocenters. The largest absolute Gasteiger partial charge is 0.326 e. The molecule has 3 nitrogen and oxygen atoms in total. The number of fused-ring (bicyclic) bond motifs is 1. The van der Waals surface area contributed by atoms with Crippen molar-refractivity contribution in [2.45, 2.75) is 50.2 Å². The molecule has 0 spiro atoms. The number of para-hydroxylation sites is 1. The second-order valence-corrected chi connectivity index (χ2v) is 6.50. The molecular weight excluding hydrogens is 258 g/mol. The van der Waals surface area contributed by atoms with Crippen molar-refractivity contribution in [2.24, 2.45) is 5.73 Å². The molecule has 1 saturated heterocycles. The Morgan fingerprint density at radius 2 is 1.90 bits per heavy atom. The lowest BCUT2D eigenvalue weighted by Gasteiger charge is -2.34. The van der Waals surface area contributed by atoms with Crippen LogP contribution < -0.4 is 5.73 Å². The molecule has 1 aromatic heterocycles. The summed E-state index contributed by atoms with van der Waals surface area (Å²) < 4.78 is 0. The Morgan fingerprint density at radius 1 is 1.05 bits per heavy atom. The number of rotatable bonds is 2. The molecule has 1 aliphatic heterocycles. The molecule has 21 heavy (non-hydrogen) atoms. The van der Waals surface area contributed by atoms with Crippen LogP contribution in [0.5, 0.6) is 0 Å². The van der Waals surface area contributed by atoms with Gasteiger partial charge >= 0.3 is 0 Å². The SMILES string of the molecule is NC1CCCCN(C2CC2)C1c1cccc2cccnc12. The molecular formula is C18H23N3. The lowest BCUT2D eigenvalue weighted by atomic mass is 9.94. The Kier molecular flexibility index (Phi) is 3.40. The van der Waals surface area contributed by atoms with E-state index in [0.29, 0.717) is 6.04 Å². The second-order valence-electron chi connectivity index (χ2n) is 6.50. The molecule has 1 aromatic carbocycles. The van der Waals surface area contributed by atoms with Gasteiger partial charge in [0.15, 0.2) is 0 Å². The number of nitrogens with zero attached hydrogens (tertiary/aromatic N) is 2. The fourth-order valence-electron chi connectivity index (χ4n) is 3.81. The number of nitrogens with two attached hydrogens (primary N) is 1. The van der Waals surface area contributed by atoms with Gasteiger partial charge in [-0.25, -0.2) is 0 Å². The molecule has 2 fully saturated rings. The molecule has 2 N–H and O–H groups in total. The third kappa shape index (κ3) is 2.45. The molecule has 0 amide bonds. The normalized spacial score (nSPS) is 27.7. The third-order valence-electron chi connectivity index (χ3n) is 4.97. The van der Waals surface area contributed by atoms with E-state index in [1.54, 1.807) is 0 Å². The Hall–Kier alpha value is -1.45. The lowest BCUT2D eigenvalue weighted by molar-refractivity contribution is 0.176. The average Bonchev–Trinajstić information content (AvgIpc) is 3.34. The maximum atomic E-state index is 6.59. The molecule has 2 unspecified atom stereocenters. The van der Waals surface area contributed by atoms with Gasteiger partial charge in [-0.1, -0.05) is 30.7 Å². The quantitative estimate of drug-likeness (QED) is 0.918. The number of benzene rings is 1. The van der Waals surface area contributed by atoms with E-state index in [0.717, 1.165) is 18.0 Å². The number of aromatic nitrogens is 1. The summed E-state index contributed by atoms with van der Waals surface area (Å²) >= 11 is 0. The number of hydrogen-bond acceptors (Lipinski definition) is 3. The fourth-order valence-corrected chi connectivity index (χ4v) is 3.81. The highest BCUT2D eigenvalue weighted by Crippen LogP contribution is 2.40. The molecule has 3 heteroatoms. The van der Waals surface area contributed by atoms with Crippen LogP contribution in [-0.4, -0.2) is 28.5 Å². The lowest BCUT2D eigenvalue weighted by Crippen LogP contribution is -2.41. The van der Waals surface area contributed by atoms with Crippen LogP contribution in [0.25, 0.3) is 10.9 Å². The molecule has 2 aromatic rings. The summed E-state index contributed by atoms with van der Waals surface area (Å²) in [6.07, 6.45) is 8.22. The zero-order valence-electron chi connectivity index (χ0n) is 12.4. The molecule has 2 heterocycles. The Bertz CT molecular complexity index is 630. The van der Waals surface area contributed by atoms with Crippen LogP contribution in [0, 0.1) is 0 Å². The van der Waals surface area contributed by atoms with Crippen LogP contribution in [0.4, 0.5) is 0 Å². The van der Waals surface area contributed by atoms with Crippen molar-refractivity contribution in [1.29, 1.82) is 0 Å². The van der Waals surface area contributed by atoms with Crippen LogP contribution in [-0.2, 0) is 0 Å². The van der Waals surface area contributed by atoms with Gasteiger partial charge in [-0.2, -0.15) is 0 Å². The zero-order valence-corrected chi connectivity index (χ0v) is 12.4. The Labute approximate surface area is 126 Å². The van der Waals surface area contributed by atoms with Gasteiger partial charge in [-0.15, -0.1) is 0 Å². The van der Waals surface area contributed by atoms with Gasteiger partial charge in [-0.3, -0.25) is 9.88 Å². The minimum absolute atomic E-state index is 0.223. The first-order valence-corrected chi connectivity index (χ1v) is 8.19. The monoisotopic (exact) mass is 281 g/mol. The summed E-state index contributed by atoms with van der Waals surface area (Å²) in [6.45, 7) is 1.19.